The predicted octanol–water partition coefficient (Wildman–Crippen LogP) is 3.74. The van der Waals surface area contributed by atoms with Crippen LogP contribution in [-0.4, -0.2) is 25.8 Å². The van der Waals surface area contributed by atoms with Gasteiger partial charge >= 0.3 is 12.1 Å². The van der Waals surface area contributed by atoms with Crippen LogP contribution in [0.3, 0.4) is 0 Å². The first-order valence-electron chi connectivity index (χ1n) is 7.99. The quantitative estimate of drug-likeness (QED) is 0.252. The summed E-state index contributed by atoms with van der Waals surface area (Å²) in [4.78, 5) is 23.6. The number of carbonyl (C=O) groups excluding carboxylic acids is 2. The zero-order valence-electron chi connectivity index (χ0n) is 14.8. The Morgan fingerprint density at radius 1 is 1.07 bits per heavy atom. The molecule has 0 aromatic heterocycles. The summed E-state index contributed by atoms with van der Waals surface area (Å²) in [7, 11) is 1.40. The molecule has 0 saturated heterocycles. The van der Waals surface area contributed by atoms with Crippen LogP contribution in [0.5, 0.6) is 17.2 Å². The highest BCUT2D eigenvalue weighted by Gasteiger charge is 2.14. The van der Waals surface area contributed by atoms with Crippen molar-refractivity contribution >= 4 is 18.2 Å². The van der Waals surface area contributed by atoms with Crippen LogP contribution in [-0.2, 0) is 9.53 Å². The Morgan fingerprint density at radius 3 is 2.44 bits per heavy atom. The van der Waals surface area contributed by atoms with Crippen LogP contribution in [0.4, 0.5) is 4.79 Å². The molecule has 0 aliphatic heterocycles. The fraction of sp³-hybridized carbons (Fsp3) is 0.150. The summed E-state index contributed by atoms with van der Waals surface area (Å²) in [6.07, 6.45) is 0.491. The number of rotatable bonds is 6. The first kappa shape index (κ1) is 19.5. The van der Waals surface area contributed by atoms with E-state index in [1.807, 2.05) is 6.07 Å². The molecule has 0 aliphatic carbocycles. The molecular weight excluding hydrogens is 350 g/mol. The van der Waals surface area contributed by atoms with Gasteiger partial charge in [0, 0.05) is 0 Å². The molecule has 0 N–H and O–H groups in total. The van der Waals surface area contributed by atoms with Crippen molar-refractivity contribution in [3.63, 3.8) is 0 Å². The second-order valence-corrected chi connectivity index (χ2v) is 5.07. The van der Waals surface area contributed by atoms with E-state index in [0.29, 0.717) is 11.3 Å². The van der Waals surface area contributed by atoms with Gasteiger partial charge in [0.15, 0.2) is 11.5 Å². The van der Waals surface area contributed by atoms with Gasteiger partial charge in [-0.25, -0.2) is 9.59 Å². The second kappa shape index (κ2) is 9.63. The second-order valence-electron chi connectivity index (χ2n) is 5.07. The Balaban J connectivity index is 2.21. The van der Waals surface area contributed by atoms with E-state index >= 15 is 0 Å². The van der Waals surface area contributed by atoms with Crippen LogP contribution in [0.15, 0.2) is 54.1 Å². The van der Waals surface area contributed by atoms with Crippen LogP contribution < -0.4 is 14.2 Å². The van der Waals surface area contributed by atoms with Gasteiger partial charge in [-0.2, -0.15) is 5.26 Å². The summed E-state index contributed by atoms with van der Waals surface area (Å²) >= 11 is 0. The monoisotopic (exact) mass is 367 g/mol. The standard InChI is InChI=1S/C20H17NO6/c1-3-25-20(23)27-17-10-9-14(12-18(17)24-2)11-15(13-21)19(22)26-16-7-5-4-6-8-16/h4-12H,3H2,1-2H3. The third-order valence-corrected chi connectivity index (χ3v) is 3.25. The van der Waals surface area contributed by atoms with Crippen LogP contribution >= 0.6 is 0 Å². The molecule has 7 heteroatoms. The van der Waals surface area contributed by atoms with Gasteiger partial charge in [-0.3, -0.25) is 0 Å². The highest BCUT2D eigenvalue weighted by atomic mass is 16.7. The van der Waals surface area contributed by atoms with Crippen LogP contribution in [0.2, 0.25) is 0 Å². The van der Waals surface area contributed by atoms with Crippen molar-refractivity contribution in [2.75, 3.05) is 13.7 Å². The molecule has 2 rings (SSSR count). The smallest absolute Gasteiger partial charge is 0.493 e. The first-order chi connectivity index (χ1) is 13.1. The van der Waals surface area contributed by atoms with Gasteiger partial charge in [0.1, 0.15) is 17.4 Å². The molecule has 0 unspecified atom stereocenters. The Kier molecular flexibility index (Phi) is 6.97. The van der Waals surface area contributed by atoms with Crippen molar-refractivity contribution in [2.24, 2.45) is 0 Å². The van der Waals surface area contributed by atoms with Gasteiger partial charge in [0.25, 0.3) is 0 Å². The number of para-hydroxylation sites is 1. The number of nitrogens with zero attached hydrogens (tertiary/aromatic N) is 1. The summed E-state index contributed by atoms with van der Waals surface area (Å²) in [5, 5.41) is 9.26. The fourth-order valence-corrected chi connectivity index (χ4v) is 2.05. The molecule has 27 heavy (non-hydrogen) atoms. The molecule has 0 amide bonds. The molecule has 0 bridgehead atoms. The molecule has 0 fully saturated rings. The third kappa shape index (κ3) is 5.61. The number of esters is 1. The number of nitriles is 1. The van der Waals surface area contributed by atoms with Crippen molar-refractivity contribution in [2.45, 2.75) is 6.92 Å². The largest absolute Gasteiger partial charge is 0.513 e. The summed E-state index contributed by atoms with van der Waals surface area (Å²) in [6, 6.07) is 14.8. The molecule has 0 radical (unpaired) electrons. The molecule has 0 aliphatic rings. The lowest BCUT2D eigenvalue weighted by Gasteiger charge is -2.09. The van der Waals surface area contributed by atoms with E-state index in [0.717, 1.165) is 0 Å². The number of ether oxygens (including phenoxy) is 4. The Hall–Kier alpha value is -3.79. The Morgan fingerprint density at radius 2 is 1.81 bits per heavy atom. The van der Waals surface area contributed by atoms with Gasteiger partial charge in [-0.05, 0) is 42.8 Å². The maximum atomic E-state index is 12.2. The molecule has 0 atom stereocenters. The van der Waals surface area contributed by atoms with E-state index in [2.05, 4.69) is 0 Å². The highest BCUT2D eigenvalue weighted by Crippen LogP contribution is 2.29. The van der Waals surface area contributed by atoms with E-state index < -0.39 is 12.1 Å². The predicted molar refractivity (Wildman–Crippen MR) is 96.3 cm³/mol. The van der Waals surface area contributed by atoms with Gasteiger partial charge in [0.2, 0.25) is 0 Å². The number of hydrogen-bond donors (Lipinski definition) is 0. The lowest BCUT2D eigenvalue weighted by atomic mass is 10.1. The van der Waals surface area contributed by atoms with Gasteiger partial charge in [-0.15, -0.1) is 0 Å². The summed E-state index contributed by atoms with van der Waals surface area (Å²) in [5.41, 5.74) is 0.296. The Bertz CT molecular complexity index is 883. The number of hydrogen-bond acceptors (Lipinski definition) is 7. The van der Waals surface area contributed by atoms with E-state index in [1.165, 1.54) is 25.3 Å². The first-order valence-corrected chi connectivity index (χ1v) is 7.99. The molecule has 7 nitrogen and oxygen atoms in total. The molecule has 0 saturated carbocycles. The van der Waals surface area contributed by atoms with Crippen LogP contribution in [0, 0.1) is 11.3 Å². The topological polar surface area (TPSA) is 94.9 Å². The summed E-state index contributed by atoms with van der Waals surface area (Å²) < 4.78 is 20.1. The molecule has 2 aromatic carbocycles. The van der Waals surface area contributed by atoms with E-state index in [9.17, 15) is 14.9 Å². The molecule has 0 heterocycles. The lowest BCUT2D eigenvalue weighted by Crippen LogP contribution is -2.11. The average molecular weight is 367 g/mol. The van der Waals surface area contributed by atoms with Gasteiger partial charge in [-0.1, -0.05) is 24.3 Å². The van der Waals surface area contributed by atoms with Crippen molar-refractivity contribution in [1.29, 1.82) is 5.26 Å². The SMILES string of the molecule is CCOC(=O)Oc1ccc(C=C(C#N)C(=O)Oc2ccccc2)cc1OC. The van der Waals surface area contributed by atoms with E-state index in [1.54, 1.807) is 43.3 Å². The highest BCUT2D eigenvalue weighted by molar-refractivity contribution is 5.99. The van der Waals surface area contributed by atoms with Crippen molar-refractivity contribution in [1.82, 2.24) is 0 Å². The lowest BCUT2D eigenvalue weighted by molar-refractivity contribution is -0.129. The van der Waals surface area contributed by atoms with Gasteiger partial charge in [0.05, 0.1) is 13.7 Å². The number of carbonyl (C=O) groups is 2. The average Bonchev–Trinajstić information content (AvgIpc) is 2.67. The van der Waals surface area contributed by atoms with Crippen molar-refractivity contribution in [3.8, 4) is 23.3 Å². The fourth-order valence-electron chi connectivity index (χ4n) is 2.05. The van der Waals surface area contributed by atoms with Crippen LogP contribution in [0.25, 0.3) is 6.08 Å². The molecule has 0 spiro atoms. The molecule has 2 aromatic rings. The van der Waals surface area contributed by atoms with Gasteiger partial charge < -0.3 is 18.9 Å². The molecular formula is C20H17NO6. The van der Waals surface area contributed by atoms with E-state index in [-0.39, 0.29) is 23.7 Å². The maximum absolute atomic E-state index is 12.2. The minimum Gasteiger partial charge on any atom is -0.493 e. The molecule has 138 valence electrons. The minimum atomic E-state index is -0.858. The number of benzene rings is 2. The minimum absolute atomic E-state index is 0.151. The summed E-state index contributed by atoms with van der Waals surface area (Å²) in [5.74, 6) is -0.0575. The zero-order chi connectivity index (χ0) is 19.6. The summed E-state index contributed by atoms with van der Waals surface area (Å²) in [6.45, 7) is 1.83. The third-order valence-electron chi connectivity index (χ3n) is 3.25. The zero-order valence-corrected chi connectivity index (χ0v) is 14.8. The van der Waals surface area contributed by atoms with Crippen LogP contribution in [0.1, 0.15) is 12.5 Å². The number of methoxy groups -OCH3 is 1. The van der Waals surface area contributed by atoms with E-state index in [4.69, 9.17) is 18.9 Å². The van der Waals surface area contributed by atoms with Crippen molar-refractivity contribution < 1.29 is 28.5 Å². The Labute approximate surface area is 156 Å². The maximum Gasteiger partial charge on any atom is 0.513 e. The van der Waals surface area contributed by atoms with Crippen molar-refractivity contribution in [3.05, 3.63) is 59.7 Å². The normalized spacial score (nSPS) is 10.5.